The van der Waals surface area contributed by atoms with Crippen LogP contribution in [0.25, 0.3) is 22.0 Å². The molecular formula is C26H25N3O4. The number of esters is 1. The molecule has 0 spiro atoms. The first-order chi connectivity index (χ1) is 15.6. The number of anilines is 1. The summed E-state index contributed by atoms with van der Waals surface area (Å²) in [5.41, 5.74) is 1.32. The van der Waals surface area contributed by atoms with Gasteiger partial charge in [0, 0.05) is 22.7 Å². The molecule has 0 atom stereocenters. The minimum absolute atomic E-state index is 0.134. The van der Waals surface area contributed by atoms with Crippen LogP contribution >= 0.6 is 0 Å². The van der Waals surface area contributed by atoms with Crippen LogP contribution in [0.4, 0.5) is 10.5 Å². The second-order valence-corrected chi connectivity index (χ2v) is 8.39. The van der Waals surface area contributed by atoms with Gasteiger partial charge in [-0.3, -0.25) is 9.88 Å². The van der Waals surface area contributed by atoms with Gasteiger partial charge in [-0.2, -0.15) is 5.26 Å². The Morgan fingerprint density at radius 3 is 2.48 bits per heavy atom. The highest BCUT2D eigenvalue weighted by molar-refractivity contribution is 6.12. The van der Waals surface area contributed by atoms with Gasteiger partial charge in [0.1, 0.15) is 5.60 Å². The van der Waals surface area contributed by atoms with E-state index in [2.05, 4.69) is 11.6 Å². The van der Waals surface area contributed by atoms with E-state index in [0.29, 0.717) is 5.39 Å². The van der Waals surface area contributed by atoms with Crippen molar-refractivity contribution in [3.8, 4) is 17.3 Å². The molecule has 3 rings (SSSR count). The molecular weight excluding hydrogens is 418 g/mol. The quantitative estimate of drug-likeness (QED) is 0.381. The van der Waals surface area contributed by atoms with E-state index < -0.39 is 17.7 Å². The van der Waals surface area contributed by atoms with E-state index in [1.165, 1.54) is 12.0 Å². The lowest BCUT2D eigenvalue weighted by molar-refractivity contribution is 0.0582. The number of nitrogens with zero attached hydrogens (tertiary/aromatic N) is 3. The Balaban J connectivity index is 2.32. The predicted molar refractivity (Wildman–Crippen MR) is 127 cm³/mol. The van der Waals surface area contributed by atoms with Crippen molar-refractivity contribution in [2.75, 3.05) is 18.6 Å². The molecule has 168 valence electrons. The number of rotatable bonds is 5. The zero-order chi connectivity index (χ0) is 24.2. The predicted octanol–water partition coefficient (Wildman–Crippen LogP) is 5.51. The Bertz CT molecular complexity index is 1250. The molecule has 0 N–H and O–H groups in total. The first-order valence-electron chi connectivity index (χ1n) is 10.3. The van der Waals surface area contributed by atoms with Gasteiger partial charge in [0.25, 0.3) is 0 Å². The molecule has 3 aromatic rings. The number of aromatic nitrogens is 1. The monoisotopic (exact) mass is 443 g/mol. The molecule has 0 aliphatic rings. The molecule has 0 bridgehead atoms. The fourth-order valence-electron chi connectivity index (χ4n) is 3.34. The number of nitriles is 1. The molecule has 33 heavy (non-hydrogen) atoms. The Kier molecular flexibility index (Phi) is 6.78. The number of benzene rings is 2. The highest BCUT2D eigenvalue weighted by Gasteiger charge is 2.29. The molecule has 1 aromatic heterocycles. The third-order valence-corrected chi connectivity index (χ3v) is 4.75. The van der Waals surface area contributed by atoms with Gasteiger partial charge < -0.3 is 9.47 Å². The van der Waals surface area contributed by atoms with Crippen molar-refractivity contribution in [3.05, 3.63) is 72.4 Å². The fraction of sp³-hybridized carbons (Fsp3) is 0.231. The topological polar surface area (TPSA) is 92.5 Å². The van der Waals surface area contributed by atoms with E-state index in [9.17, 15) is 14.9 Å². The number of ether oxygens (including phenoxy) is 2. The zero-order valence-corrected chi connectivity index (χ0v) is 19.1. The molecule has 0 aliphatic carbocycles. The van der Waals surface area contributed by atoms with Crippen LogP contribution in [-0.2, 0) is 9.47 Å². The van der Waals surface area contributed by atoms with Gasteiger partial charge in [0.15, 0.2) is 0 Å². The largest absolute Gasteiger partial charge is 0.465 e. The van der Waals surface area contributed by atoms with Crippen molar-refractivity contribution in [2.24, 2.45) is 0 Å². The van der Waals surface area contributed by atoms with Crippen molar-refractivity contribution < 1.29 is 19.1 Å². The highest BCUT2D eigenvalue weighted by atomic mass is 16.6. The van der Waals surface area contributed by atoms with Crippen LogP contribution in [0.15, 0.2) is 66.9 Å². The summed E-state index contributed by atoms with van der Waals surface area (Å²) in [5.74, 6) is -0.619. The summed E-state index contributed by atoms with van der Waals surface area (Å²) < 4.78 is 10.6. The van der Waals surface area contributed by atoms with E-state index in [1.54, 1.807) is 39.1 Å². The average Bonchev–Trinajstić information content (AvgIpc) is 2.80. The first kappa shape index (κ1) is 23.5. The van der Waals surface area contributed by atoms with E-state index in [0.717, 1.165) is 16.6 Å². The minimum atomic E-state index is -0.793. The molecule has 0 saturated carbocycles. The third kappa shape index (κ3) is 5.36. The summed E-state index contributed by atoms with van der Waals surface area (Å²) in [4.78, 5) is 31.6. The van der Waals surface area contributed by atoms with Crippen molar-refractivity contribution in [2.45, 2.75) is 26.4 Å². The Morgan fingerprint density at radius 2 is 1.88 bits per heavy atom. The average molecular weight is 444 g/mol. The van der Waals surface area contributed by atoms with Gasteiger partial charge in [-0.15, -0.1) is 0 Å². The molecule has 1 amide bonds. The molecule has 7 nitrogen and oxygen atoms in total. The summed E-state index contributed by atoms with van der Waals surface area (Å²) in [5, 5.41) is 10.7. The number of methoxy groups -OCH3 is 1. The second kappa shape index (κ2) is 9.53. The normalized spacial score (nSPS) is 10.9. The highest BCUT2D eigenvalue weighted by Crippen LogP contribution is 2.35. The molecule has 0 fully saturated rings. The summed E-state index contributed by atoms with van der Waals surface area (Å²) in [6, 6.07) is 16.6. The molecule has 7 heteroatoms. The summed E-state index contributed by atoms with van der Waals surface area (Å²) >= 11 is 0. The van der Waals surface area contributed by atoms with Crippen LogP contribution in [0, 0.1) is 11.3 Å². The smallest absolute Gasteiger partial charge is 0.415 e. The Labute approximate surface area is 192 Å². The summed E-state index contributed by atoms with van der Waals surface area (Å²) in [6.07, 6.45) is 0.981. The number of fused-ring (bicyclic) bond motifs is 1. The maximum absolute atomic E-state index is 13.3. The fourth-order valence-corrected chi connectivity index (χ4v) is 3.34. The molecule has 1 heterocycles. The summed E-state index contributed by atoms with van der Waals surface area (Å²) in [6.45, 7) is 8.80. The maximum Gasteiger partial charge on any atom is 0.415 e. The molecule has 0 aliphatic heterocycles. The van der Waals surface area contributed by atoms with Crippen LogP contribution in [-0.4, -0.2) is 36.3 Å². The van der Waals surface area contributed by atoms with Crippen LogP contribution in [0.1, 0.15) is 31.1 Å². The van der Waals surface area contributed by atoms with E-state index in [-0.39, 0.29) is 23.4 Å². The van der Waals surface area contributed by atoms with Gasteiger partial charge in [0.2, 0.25) is 0 Å². The van der Waals surface area contributed by atoms with Crippen LogP contribution in [0.2, 0.25) is 0 Å². The van der Waals surface area contributed by atoms with Gasteiger partial charge in [-0.25, -0.2) is 9.59 Å². The van der Waals surface area contributed by atoms with Crippen LogP contribution < -0.4 is 4.90 Å². The molecule has 0 unspecified atom stereocenters. The van der Waals surface area contributed by atoms with E-state index >= 15 is 0 Å². The molecule has 0 saturated heterocycles. The number of hydrogen-bond acceptors (Lipinski definition) is 6. The lowest BCUT2D eigenvalue weighted by Gasteiger charge is -2.29. The van der Waals surface area contributed by atoms with Crippen LogP contribution in [0.3, 0.4) is 0 Å². The number of carbonyl (C=O) groups excluding carboxylic acids is 2. The Morgan fingerprint density at radius 1 is 1.15 bits per heavy atom. The molecule has 2 aromatic carbocycles. The van der Waals surface area contributed by atoms with Gasteiger partial charge >= 0.3 is 12.1 Å². The van der Waals surface area contributed by atoms with Crippen molar-refractivity contribution in [1.82, 2.24) is 4.98 Å². The standard InChI is InChI=1S/C26H25N3O4/c1-17(15-27)16-29(25(31)33-26(2,3)4)23-20(24(30)32-5)12-11-18-9-10-19(14-21(18)23)22-8-6-7-13-28-22/h6-14H,1,16H2,2-5H3. The first-order valence-corrected chi connectivity index (χ1v) is 10.3. The SMILES string of the molecule is C=C(C#N)CN(C(=O)OC(C)(C)C)c1c(C(=O)OC)ccc2ccc(-c3ccccn3)cc12. The zero-order valence-electron chi connectivity index (χ0n) is 19.1. The van der Waals surface area contributed by atoms with Gasteiger partial charge in [-0.05, 0) is 50.4 Å². The minimum Gasteiger partial charge on any atom is -0.465 e. The van der Waals surface area contributed by atoms with Gasteiger partial charge in [-0.1, -0.05) is 30.8 Å². The van der Waals surface area contributed by atoms with Crippen molar-refractivity contribution in [3.63, 3.8) is 0 Å². The van der Waals surface area contributed by atoms with E-state index in [4.69, 9.17) is 9.47 Å². The van der Waals surface area contributed by atoms with Crippen molar-refractivity contribution >= 4 is 28.5 Å². The maximum atomic E-state index is 13.3. The lowest BCUT2D eigenvalue weighted by Crippen LogP contribution is -2.39. The van der Waals surface area contributed by atoms with Crippen molar-refractivity contribution in [1.29, 1.82) is 5.26 Å². The van der Waals surface area contributed by atoms with Crippen LogP contribution in [0.5, 0.6) is 0 Å². The number of amides is 1. The lowest BCUT2D eigenvalue weighted by atomic mass is 9.99. The number of carbonyl (C=O) groups is 2. The summed E-state index contributed by atoms with van der Waals surface area (Å²) in [7, 11) is 1.27. The number of pyridine rings is 1. The second-order valence-electron chi connectivity index (χ2n) is 8.39. The van der Waals surface area contributed by atoms with Gasteiger partial charge in [0.05, 0.1) is 36.7 Å². The third-order valence-electron chi connectivity index (χ3n) is 4.75. The molecule has 0 radical (unpaired) electrons. The van der Waals surface area contributed by atoms with E-state index in [1.807, 2.05) is 42.5 Å². The Hall–Kier alpha value is -4.18. The number of hydrogen-bond donors (Lipinski definition) is 0.